The summed E-state index contributed by atoms with van der Waals surface area (Å²) in [4.78, 5) is 101. The van der Waals surface area contributed by atoms with E-state index in [-0.39, 0.29) is 69.6 Å². The van der Waals surface area contributed by atoms with Gasteiger partial charge in [-0.3, -0.25) is 38.9 Å². The van der Waals surface area contributed by atoms with Gasteiger partial charge in [0.05, 0.1) is 6.04 Å². The summed E-state index contributed by atoms with van der Waals surface area (Å²) in [7, 11) is 0. The Bertz CT molecular complexity index is 3050. The van der Waals surface area contributed by atoms with Gasteiger partial charge in [0.2, 0.25) is 29.5 Å². The Hall–Kier alpha value is -10.1. The Morgan fingerprint density at radius 1 is 0.341 bits per heavy atom. The van der Waals surface area contributed by atoms with Gasteiger partial charge in [-0.2, -0.15) is 0 Å². The number of nitrogens with zero attached hydrogens (tertiary/aromatic N) is 3. The highest BCUT2D eigenvalue weighted by molar-refractivity contribution is 5.98. The summed E-state index contributed by atoms with van der Waals surface area (Å²) in [5.41, 5.74) is 43.3. The number of carboxylic acids is 1. The van der Waals surface area contributed by atoms with Crippen LogP contribution < -0.4 is 66.7 Å². The summed E-state index contributed by atoms with van der Waals surface area (Å²) in [6, 6.07) is 45.4. The topological polar surface area (TPSA) is 402 Å². The highest BCUT2D eigenvalue weighted by atomic mass is 16.4. The monoisotopic (exact) mass is 1160 g/mol. The molecule has 6 aromatic carbocycles. The van der Waals surface area contributed by atoms with Gasteiger partial charge in [0.25, 0.3) is 0 Å². The number of nitrogens with two attached hydrogens (primary N) is 7. The summed E-state index contributed by atoms with van der Waals surface area (Å²) < 4.78 is 0. The number of carbonyl (C=O) groups excluding carboxylic acids is 5. The molecule has 0 unspecified atom stereocenters. The normalized spacial score (nSPS) is 13.1. The van der Waals surface area contributed by atoms with Crippen molar-refractivity contribution >= 4 is 53.4 Å². The van der Waals surface area contributed by atoms with Gasteiger partial charge in [0.1, 0.15) is 30.2 Å². The Balaban J connectivity index is 1.46. The van der Waals surface area contributed by atoms with Crippen molar-refractivity contribution in [1.82, 2.24) is 26.6 Å². The first kappa shape index (κ1) is 64.1. The number of carbonyl (C=O) groups is 6. The molecule has 0 spiro atoms. The van der Waals surface area contributed by atoms with E-state index in [9.17, 15) is 19.5 Å². The predicted molar refractivity (Wildman–Crippen MR) is 329 cm³/mol. The van der Waals surface area contributed by atoms with Gasteiger partial charge >= 0.3 is 5.97 Å². The van der Waals surface area contributed by atoms with Crippen LogP contribution in [-0.2, 0) is 28.8 Å². The molecule has 0 bridgehead atoms. The van der Waals surface area contributed by atoms with Crippen molar-refractivity contribution in [3.8, 4) is 0 Å². The van der Waals surface area contributed by atoms with Crippen molar-refractivity contribution in [2.45, 2.75) is 92.5 Å². The van der Waals surface area contributed by atoms with Crippen molar-refractivity contribution < 1.29 is 33.9 Å². The van der Waals surface area contributed by atoms with Crippen LogP contribution in [0, 0.1) is 0 Å². The fourth-order valence-corrected chi connectivity index (χ4v) is 10.1. The largest absolute Gasteiger partial charge is 0.480 e. The van der Waals surface area contributed by atoms with Gasteiger partial charge in [0, 0.05) is 37.4 Å². The lowest BCUT2D eigenvalue weighted by atomic mass is 9.81. The number of benzene rings is 6. The van der Waals surface area contributed by atoms with E-state index < -0.39 is 89.5 Å². The molecule has 6 rings (SSSR count). The maximum absolute atomic E-state index is 16.1. The van der Waals surface area contributed by atoms with Crippen molar-refractivity contribution in [3.05, 3.63) is 215 Å². The summed E-state index contributed by atoms with van der Waals surface area (Å²) in [6.07, 6.45) is 0.786. The van der Waals surface area contributed by atoms with Gasteiger partial charge in [-0.15, -0.1) is 0 Å². The van der Waals surface area contributed by atoms with Crippen LogP contribution in [0.25, 0.3) is 0 Å². The Labute approximate surface area is 494 Å². The summed E-state index contributed by atoms with van der Waals surface area (Å²) in [6.45, 7) is 0.346. The molecule has 0 aromatic heterocycles. The van der Waals surface area contributed by atoms with Gasteiger partial charge in [-0.05, 0) is 71.9 Å². The molecule has 85 heavy (non-hydrogen) atoms. The Morgan fingerprint density at radius 2 is 0.588 bits per heavy atom. The van der Waals surface area contributed by atoms with E-state index >= 15 is 14.4 Å². The zero-order valence-electron chi connectivity index (χ0n) is 47.2. The van der Waals surface area contributed by atoms with Crippen molar-refractivity contribution in [2.24, 2.45) is 55.1 Å². The number of hydrogen-bond donors (Lipinski definition) is 13. The predicted octanol–water partition coefficient (Wildman–Crippen LogP) is 2.48. The third kappa shape index (κ3) is 19.8. The number of aliphatic carboxylic acids is 1. The lowest BCUT2D eigenvalue weighted by Crippen LogP contribution is -2.61. The number of carboxylic acid groups (broad SMARTS) is 1. The highest BCUT2D eigenvalue weighted by Gasteiger charge is 2.42. The Morgan fingerprint density at radius 3 is 0.882 bits per heavy atom. The van der Waals surface area contributed by atoms with Crippen LogP contribution in [0.15, 0.2) is 197 Å². The average molecular weight is 1160 g/mol. The Kier molecular flexibility index (Phi) is 25.0. The smallest absolute Gasteiger partial charge is 0.327 e. The van der Waals surface area contributed by atoms with E-state index in [4.69, 9.17) is 40.1 Å². The third-order valence-electron chi connectivity index (χ3n) is 14.1. The van der Waals surface area contributed by atoms with E-state index in [0.29, 0.717) is 39.8 Å². The van der Waals surface area contributed by atoms with Crippen LogP contribution in [-0.4, -0.2) is 114 Å². The van der Waals surface area contributed by atoms with E-state index in [1.165, 1.54) is 0 Å². The molecule has 0 radical (unpaired) electrons. The van der Waals surface area contributed by atoms with Crippen LogP contribution in [0.1, 0.15) is 89.7 Å². The fraction of sp³-hybridized carbons (Fsp3) is 0.286. The minimum Gasteiger partial charge on any atom is -0.480 e. The number of aliphatic imine (C=N–C) groups is 3. The molecule has 0 saturated heterocycles. The molecule has 0 saturated carbocycles. The minimum absolute atomic E-state index is 0.000159. The highest BCUT2D eigenvalue weighted by Crippen LogP contribution is 2.33. The molecule has 6 aromatic rings. The first-order valence-electron chi connectivity index (χ1n) is 28.0. The van der Waals surface area contributed by atoms with E-state index in [1.807, 2.05) is 12.1 Å². The molecule has 5 amide bonds. The lowest BCUT2D eigenvalue weighted by Gasteiger charge is -2.34. The molecule has 22 heteroatoms. The first-order valence-corrected chi connectivity index (χ1v) is 28.0. The van der Waals surface area contributed by atoms with Crippen LogP contribution in [0.2, 0.25) is 0 Å². The molecule has 6 atom stereocenters. The van der Waals surface area contributed by atoms with Crippen molar-refractivity contribution in [1.29, 1.82) is 0 Å². The number of hydrogen-bond acceptors (Lipinski definition) is 10. The average Bonchev–Trinajstić information content (AvgIpc) is 3.69. The molecule has 0 aliphatic heterocycles. The second-order valence-corrected chi connectivity index (χ2v) is 20.3. The summed E-state index contributed by atoms with van der Waals surface area (Å²) in [5, 5.41) is 25.6. The van der Waals surface area contributed by atoms with Gasteiger partial charge < -0.3 is 71.8 Å². The number of guanidine groups is 3. The van der Waals surface area contributed by atoms with Gasteiger partial charge in [-0.25, -0.2) is 4.79 Å². The molecule has 0 aliphatic carbocycles. The SMILES string of the molecule is NC(N)=NCCC[C@H](NC(=O)[C@H](CCCN=C(N)N)NC(=O)[C@@H](N)CCCN=C(N)N)C(=O)N[C@H](C(=O)N[C@H](C(=O)N[C@H](C(=O)O)C(c1ccccc1)c1ccccc1)C(c1ccccc1)c1ccccc1)C(c1ccccc1)c1ccccc1. The molecule has 20 N–H and O–H groups in total. The minimum atomic E-state index is -1.57. The molecular formula is C63H77N15O7. The van der Waals surface area contributed by atoms with Crippen LogP contribution >= 0.6 is 0 Å². The van der Waals surface area contributed by atoms with Crippen LogP contribution in [0.4, 0.5) is 0 Å². The third-order valence-corrected chi connectivity index (χ3v) is 14.1. The molecule has 0 aliphatic rings. The second-order valence-electron chi connectivity index (χ2n) is 20.3. The van der Waals surface area contributed by atoms with Crippen LogP contribution in [0.3, 0.4) is 0 Å². The van der Waals surface area contributed by atoms with Crippen LogP contribution in [0.5, 0.6) is 0 Å². The maximum Gasteiger partial charge on any atom is 0.327 e. The number of nitrogens with one attached hydrogen (secondary N) is 5. The summed E-state index contributed by atoms with van der Waals surface area (Å²) in [5.74, 6) is -8.64. The standard InChI is InChI=1S/C63H77N15O7/c64-46(34-19-37-71-61(65)66)55(79)74-47(35-20-38-72-62(67)68)56(80)75-48(36-21-39-73-63(69)70)57(81)76-52(49(40-22-7-1-8-23-40)41-24-9-2-10-25-41)58(82)77-53(50(42-26-11-3-12-27-42)43-28-13-4-14-29-43)59(83)78-54(60(84)85)51(44-30-15-5-16-31-44)45-32-17-6-18-33-45/h1-18,22-33,46-54H,19-21,34-39,64H2,(H,74,79)(H,75,80)(H,76,81)(H,77,82)(H,78,83)(H,84,85)(H4,65,66,71)(H4,67,68,72)(H4,69,70,73)/t46-,47-,48-,52-,53-,54-/m0/s1. The molecule has 22 nitrogen and oxygen atoms in total. The number of amides is 5. The molecule has 446 valence electrons. The second kappa shape index (κ2) is 33.1. The van der Waals surface area contributed by atoms with Gasteiger partial charge in [0.15, 0.2) is 17.9 Å². The molecule has 0 heterocycles. The zero-order valence-corrected chi connectivity index (χ0v) is 47.2. The summed E-state index contributed by atoms with van der Waals surface area (Å²) >= 11 is 0. The quantitative estimate of drug-likeness (QED) is 0.0164. The van der Waals surface area contributed by atoms with Gasteiger partial charge in [-0.1, -0.05) is 182 Å². The maximum atomic E-state index is 16.1. The molecular weight excluding hydrogens is 1080 g/mol. The lowest BCUT2D eigenvalue weighted by molar-refractivity contribution is -0.143. The van der Waals surface area contributed by atoms with E-state index in [2.05, 4.69) is 41.6 Å². The van der Waals surface area contributed by atoms with Crippen molar-refractivity contribution in [3.63, 3.8) is 0 Å². The zero-order chi connectivity index (χ0) is 61.1. The first-order chi connectivity index (χ1) is 41.0. The van der Waals surface area contributed by atoms with Crippen molar-refractivity contribution in [2.75, 3.05) is 19.6 Å². The van der Waals surface area contributed by atoms with E-state index in [0.717, 1.165) is 0 Å². The molecule has 0 fully saturated rings. The fourth-order valence-electron chi connectivity index (χ4n) is 10.1. The number of rotatable bonds is 32. The van der Waals surface area contributed by atoms with E-state index in [1.54, 1.807) is 170 Å².